The van der Waals surface area contributed by atoms with Crippen LogP contribution in [0.25, 0.3) is 0 Å². The highest BCUT2D eigenvalue weighted by molar-refractivity contribution is 6.31. The number of nitrogens with two attached hydrogens (primary N) is 1. The van der Waals surface area contributed by atoms with E-state index < -0.39 is 22.9 Å². The molecule has 0 radical (unpaired) electrons. The van der Waals surface area contributed by atoms with Crippen molar-refractivity contribution < 1.29 is 28.9 Å². The molecule has 1 aromatic carbocycles. The maximum Gasteiger partial charge on any atom is 0.336 e. The fourth-order valence-corrected chi connectivity index (χ4v) is 3.36. The molecule has 1 heterocycles. The van der Waals surface area contributed by atoms with Crippen molar-refractivity contribution in [3.8, 4) is 0 Å². The Morgan fingerprint density at radius 1 is 1.22 bits per heavy atom. The van der Waals surface area contributed by atoms with Crippen LogP contribution in [0.1, 0.15) is 25.3 Å². The van der Waals surface area contributed by atoms with E-state index in [9.17, 15) is 9.59 Å². The van der Waals surface area contributed by atoms with Gasteiger partial charge in [0.05, 0.1) is 54.8 Å². The lowest BCUT2D eigenvalue weighted by atomic mass is 9.80. The molecule has 32 heavy (non-hydrogen) atoms. The highest BCUT2D eigenvalue weighted by Gasteiger charge is 2.39. The summed E-state index contributed by atoms with van der Waals surface area (Å²) < 4.78 is 15.8. The van der Waals surface area contributed by atoms with E-state index in [0.717, 1.165) is 0 Å². The third-order valence-corrected chi connectivity index (χ3v) is 4.61. The van der Waals surface area contributed by atoms with E-state index in [1.807, 2.05) is 0 Å². The lowest BCUT2D eigenvalue weighted by Gasteiger charge is -2.31. The molecule has 0 aromatic heterocycles. The largest absolute Gasteiger partial charge is 0.466 e. The van der Waals surface area contributed by atoms with Gasteiger partial charge in [-0.15, -0.1) is 0 Å². The molecule has 1 aliphatic rings. The zero-order valence-electron chi connectivity index (χ0n) is 17.9. The SMILES string of the molecule is CCOC(=O)C1=C(COCCN)NC(C)=C(C(=O)OC)[C@@H]1c1ccccc1Cl.O=[N+]([O-])[O-]. The summed E-state index contributed by atoms with van der Waals surface area (Å²) in [6.07, 6.45) is 0. The average molecular weight is 471 g/mol. The van der Waals surface area contributed by atoms with Crippen LogP contribution in [0.3, 0.4) is 0 Å². The van der Waals surface area contributed by atoms with E-state index in [1.54, 1.807) is 38.1 Å². The maximum atomic E-state index is 12.9. The smallest absolute Gasteiger partial charge is 0.336 e. The van der Waals surface area contributed by atoms with Crippen molar-refractivity contribution in [2.75, 3.05) is 33.5 Å². The van der Waals surface area contributed by atoms with Gasteiger partial charge in [-0.3, -0.25) is 0 Å². The number of allylic oxidation sites excluding steroid dienone is 1. The number of nitrogens with zero attached hydrogens (tertiary/aromatic N) is 1. The quantitative estimate of drug-likeness (QED) is 0.248. The Kier molecular flexibility index (Phi) is 11.2. The van der Waals surface area contributed by atoms with Crippen molar-refractivity contribution in [1.82, 2.24) is 5.32 Å². The van der Waals surface area contributed by atoms with E-state index in [2.05, 4.69) is 5.32 Å². The number of dihydropyridines is 1. The Morgan fingerprint density at radius 3 is 2.38 bits per heavy atom. The van der Waals surface area contributed by atoms with Gasteiger partial charge in [-0.05, 0) is 25.5 Å². The number of nitrogens with one attached hydrogen (secondary N) is 1. The van der Waals surface area contributed by atoms with Crippen molar-refractivity contribution in [2.45, 2.75) is 19.8 Å². The second kappa shape index (κ2) is 13.3. The summed E-state index contributed by atoms with van der Waals surface area (Å²) in [5.41, 5.74) is 7.70. The molecule has 0 unspecified atom stereocenters. The topological polar surface area (TPSA) is 166 Å². The molecule has 0 amide bonds. The Labute approximate surface area is 189 Å². The molecular formula is C20H25ClN3O8-. The van der Waals surface area contributed by atoms with Gasteiger partial charge >= 0.3 is 11.9 Å². The molecule has 0 aliphatic carbocycles. The van der Waals surface area contributed by atoms with Crippen molar-refractivity contribution in [1.29, 1.82) is 0 Å². The zero-order chi connectivity index (χ0) is 24.3. The van der Waals surface area contributed by atoms with Crippen LogP contribution in [0.5, 0.6) is 0 Å². The van der Waals surface area contributed by atoms with Crippen molar-refractivity contribution in [3.05, 3.63) is 72.7 Å². The number of ether oxygens (including phenoxy) is 3. The average Bonchev–Trinajstić information content (AvgIpc) is 2.73. The number of halogens is 1. The maximum absolute atomic E-state index is 12.9. The van der Waals surface area contributed by atoms with Gasteiger partial charge in [0.25, 0.3) is 0 Å². The normalized spacial score (nSPS) is 15.3. The molecule has 12 heteroatoms. The molecule has 0 bridgehead atoms. The van der Waals surface area contributed by atoms with Gasteiger partial charge < -0.3 is 40.6 Å². The molecule has 0 saturated heterocycles. The summed E-state index contributed by atoms with van der Waals surface area (Å²) in [4.78, 5) is 33.7. The Morgan fingerprint density at radius 2 is 1.84 bits per heavy atom. The summed E-state index contributed by atoms with van der Waals surface area (Å²) in [5.74, 6) is -1.86. The summed E-state index contributed by atoms with van der Waals surface area (Å²) in [5, 5.41) is 18.3. The summed E-state index contributed by atoms with van der Waals surface area (Å²) in [7, 11) is 1.29. The first-order valence-electron chi connectivity index (χ1n) is 9.49. The second-order valence-corrected chi connectivity index (χ2v) is 6.69. The Balaban J connectivity index is 0.00000118. The van der Waals surface area contributed by atoms with Crippen molar-refractivity contribution in [2.24, 2.45) is 5.73 Å². The first-order valence-corrected chi connectivity index (χ1v) is 9.87. The van der Waals surface area contributed by atoms with Gasteiger partial charge in [0, 0.05) is 17.3 Å². The highest BCUT2D eigenvalue weighted by Crippen LogP contribution is 2.41. The predicted molar refractivity (Wildman–Crippen MR) is 116 cm³/mol. The fourth-order valence-electron chi connectivity index (χ4n) is 3.12. The lowest BCUT2D eigenvalue weighted by Crippen LogP contribution is -2.35. The monoisotopic (exact) mass is 470 g/mol. The minimum Gasteiger partial charge on any atom is -0.466 e. The first-order chi connectivity index (χ1) is 15.2. The number of carbonyl (C=O) groups is 2. The van der Waals surface area contributed by atoms with Crippen molar-refractivity contribution in [3.63, 3.8) is 0 Å². The van der Waals surface area contributed by atoms with Crippen LogP contribution in [0.4, 0.5) is 0 Å². The molecular weight excluding hydrogens is 446 g/mol. The second-order valence-electron chi connectivity index (χ2n) is 6.29. The molecule has 1 aromatic rings. The molecule has 1 aliphatic heterocycles. The molecule has 176 valence electrons. The number of hydrogen-bond donors (Lipinski definition) is 2. The zero-order valence-corrected chi connectivity index (χ0v) is 18.6. The van der Waals surface area contributed by atoms with Gasteiger partial charge in [0.2, 0.25) is 0 Å². The van der Waals surface area contributed by atoms with Crippen LogP contribution in [0, 0.1) is 15.3 Å². The number of benzene rings is 1. The Bertz CT molecular complexity index is 897. The number of rotatable bonds is 8. The van der Waals surface area contributed by atoms with E-state index >= 15 is 0 Å². The lowest BCUT2D eigenvalue weighted by molar-refractivity contribution is -0.402. The minimum atomic E-state index is -1.75. The van der Waals surface area contributed by atoms with Crippen LogP contribution < -0.4 is 11.1 Å². The predicted octanol–water partition coefficient (Wildman–Crippen LogP) is 2.03. The van der Waals surface area contributed by atoms with E-state index in [0.29, 0.717) is 40.7 Å². The van der Waals surface area contributed by atoms with Crippen LogP contribution >= 0.6 is 11.6 Å². The number of methoxy groups -OCH3 is 1. The van der Waals surface area contributed by atoms with Crippen LogP contribution in [-0.4, -0.2) is 50.5 Å². The third kappa shape index (κ3) is 7.22. The number of esters is 2. The van der Waals surface area contributed by atoms with Gasteiger partial charge in [0.15, 0.2) is 0 Å². The third-order valence-electron chi connectivity index (χ3n) is 4.27. The van der Waals surface area contributed by atoms with Crippen molar-refractivity contribution >= 4 is 23.5 Å². The van der Waals surface area contributed by atoms with E-state index in [-0.39, 0.29) is 18.8 Å². The number of hydrogen-bond acceptors (Lipinski definition) is 10. The van der Waals surface area contributed by atoms with E-state index in [4.69, 9.17) is 46.9 Å². The standard InChI is InChI=1S/C20H25ClN2O5.NO3/c1-4-28-20(25)18-15(11-27-10-9-22)23-12(2)16(19(24)26-3)17(18)13-7-5-6-8-14(13)21;2-1(3)4/h5-8,17,23H,4,9-11,22H2,1-3H3;/q;-1/t17-;/m0./s1. The van der Waals surface area contributed by atoms with Crippen LogP contribution in [0.15, 0.2) is 46.8 Å². The number of carbonyl (C=O) groups excluding carboxylic acids is 2. The van der Waals surface area contributed by atoms with Crippen LogP contribution in [0.2, 0.25) is 5.02 Å². The van der Waals surface area contributed by atoms with Gasteiger partial charge in [0.1, 0.15) is 0 Å². The fraction of sp³-hybridized carbons (Fsp3) is 0.400. The highest BCUT2D eigenvalue weighted by atomic mass is 35.5. The molecule has 0 saturated carbocycles. The van der Waals surface area contributed by atoms with Gasteiger partial charge in [-0.25, -0.2) is 9.59 Å². The molecule has 11 nitrogen and oxygen atoms in total. The molecule has 3 N–H and O–H groups in total. The molecule has 1 atom stereocenters. The van der Waals surface area contributed by atoms with Gasteiger partial charge in [-0.1, -0.05) is 29.8 Å². The Hall–Kier alpha value is -3.15. The molecule has 2 rings (SSSR count). The summed E-state index contributed by atoms with van der Waals surface area (Å²) >= 11 is 6.42. The van der Waals surface area contributed by atoms with Gasteiger partial charge in [-0.2, -0.15) is 0 Å². The van der Waals surface area contributed by atoms with E-state index in [1.165, 1.54) is 7.11 Å². The summed E-state index contributed by atoms with van der Waals surface area (Å²) in [6, 6.07) is 7.05. The minimum absolute atomic E-state index is 0.109. The molecule has 0 fully saturated rings. The van der Waals surface area contributed by atoms with Crippen LogP contribution in [-0.2, 0) is 23.8 Å². The first kappa shape index (κ1) is 26.9. The summed E-state index contributed by atoms with van der Waals surface area (Å²) in [6.45, 7) is 4.42. The molecule has 0 spiro atoms.